The van der Waals surface area contributed by atoms with Gasteiger partial charge in [0.25, 0.3) is 0 Å². The van der Waals surface area contributed by atoms with Gasteiger partial charge in [-0.1, -0.05) is 17.7 Å². The highest BCUT2D eigenvalue weighted by molar-refractivity contribution is 6.25. The molecule has 0 amide bonds. The van der Waals surface area contributed by atoms with Gasteiger partial charge >= 0.3 is 0 Å². The van der Waals surface area contributed by atoms with Crippen molar-refractivity contribution in [2.24, 2.45) is 0 Å². The average Bonchev–Trinajstić information content (AvgIpc) is 2.09. The molecule has 0 radical (unpaired) electrons. The highest BCUT2D eigenvalue weighted by Crippen LogP contribution is 1.78. The van der Waals surface area contributed by atoms with Crippen LogP contribution in [0.15, 0.2) is 11.6 Å². The van der Waals surface area contributed by atoms with E-state index in [1.54, 1.807) is 0 Å². The van der Waals surface area contributed by atoms with Crippen molar-refractivity contribution in [1.82, 2.24) is 10.2 Å². The van der Waals surface area contributed by atoms with E-state index in [4.69, 9.17) is 16.3 Å². The van der Waals surface area contributed by atoms with Gasteiger partial charge < -0.3 is 15.0 Å². The van der Waals surface area contributed by atoms with Crippen LogP contribution in [-0.4, -0.2) is 51.8 Å². The quantitative estimate of drug-likeness (QED) is 0.598. The van der Waals surface area contributed by atoms with Crippen LogP contribution in [0.5, 0.6) is 0 Å². The first-order valence-electron chi connectivity index (χ1n) is 4.45. The molecule has 0 unspecified atom stereocenters. The van der Waals surface area contributed by atoms with Crippen molar-refractivity contribution in [3.8, 4) is 0 Å². The molecule has 0 saturated carbocycles. The van der Waals surface area contributed by atoms with Gasteiger partial charge in [-0.15, -0.1) is 0 Å². The van der Waals surface area contributed by atoms with Crippen LogP contribution in [0.3, 0.4) is 0 Å². The minimum Gasteiger partial charge on any atom is -0.379 e. The molecule has 0 aliphatic heterocycles. The van der Waals surface area contributed by atoms with Crippen LogP contribution in [0.2, 0.25) is 0 Å². The van der Waals surface area contributed by atoms with E-state index < -0.39 is 0 Å². The molecule has 0 heterocycles. The number of rotatable bonds is 8. The van der Waals surface area contributed by atoms with Gasteiger partial charge in [-0.2, -0.15) is 0 Å². The third kappa shape index (κ3) is 11.9. The van der Waals surface area contributed by atoms with Crippen LogP contribution in [-0.2, 0) is 4.74 Å². The molecule has 0 aliphatic carbocycles. The first kappa shape index (κ1) is 12.9. The van der Waals surface area contributed by atoms with Crippen molar-refractivity contribution in [2.45, 2.75) is 0 Å². The van der Waals surface area contributed by atoms with Crippen molar-refractivity contribution < 1.29 is 4.74 Å². The van der Waals surface area contributed by atoms with Gasteiger partial charge in [0, 0.05) is 25.2 Å². The molecule has 4 heteroatoms. The predicted octanol–water partition coefficient (Wildman–Crippen LogP) is 0.907. The Morgan fingerprint density at radius 2 is 2.15 bits per heavy atom. The van der Waals surface area contributed by atoms with E-state index in [0.29, 0.717) is 0 Å². The molecular weight excluding hydrogens is 188 g/mol. The lowest BCUT2D eigenvalue weighted by Gasteiger charge is -2.09. The zero-order chi connectivity index (χ0) is 9.94. The maximum absolute atomic E-state index is 5.36. The van der Waals surface area contributed by atoms with Gasteiger partial charge in [0.05, 0.1) is 13.2 Å². The molecule has 0 bridgehead atoms. The third-order valence-electron chi connectivity index (χ3n) is 1.46. The van der Waals surface area contributed by atoms with E-state index in [1.807, 2.05) is 20.2 Å². The standard InChI is InChI=1S/C9H19ClN2O/c1-12(2)7-9-13-8-6-11-5-3-4-10/h3-4,11H,5-9H2,1-2H3/b4-3+. The van der Waals surface area contributed by atoms with Gasteiger partial charge in [0.15, 0.2) is 0 Å². The highest BCUT2D eigenvalue weighted by Gasteiger charge is 1.89. The Balaban J connectivity index is 2.91. The zero-order valence-electron chi connectivity index (χ0n) is 8.42. The Kier molecular flexibility index (Phi) is 9.92. The summed E-state index contributed by atoms with van der Waals surface area (Å²) in [7, 11) is 4.07. The van der Waals surface area contributed by atoms with E-state index in [1.165, 1.54) is 5.54 Å². The van der Waals surface area contributed by atoms with Gasteiger partial charge in [0.1, 0.15) is 0 Å². The summed E-state index contributed by atoms with van der Waals surface area (Å²) < 4.78 is 5.36. The highest BCUT2D eigenvalue weighted by atomic mass is 35.5. The van der Waals surface area contributed by atoms with Crippen LogP contribution in [0.25, 0.3) is 0 Å². The van der Waals surface area contributed by atoms with E-state index in [0.717, 1.165) is 32.8 Å². The Hall–Kier alpha value is -0.0900. The first-order valence-corrected chi connectivity index (χ1v) is 4.89. The van der Waals surface area contributed by atoms with Crippen molar-refractivity contribution in [3.63, 3.8) is 0 Å². The second kappa shape index (κ2) is 9.99. The lowest BCUT2D eigenvalue weighted by atomic mass is 10.5. The normalized spacial score (nSPS) is 11.7. The fourth-order valence-corrected chi connectivity index (χ4v) is 0.813. The van der Waals surface area contributed by atoms with Crippen molar-refractivity contribution in [3.05, 3.63) is 11.6 Å². The van der Waals surface area contributed by atoms with E-state index in [2.05, 4.69) is 10.2 Å². The van der Waals surface area contributed by atoms with Crippen LogP contribution in [0, 0.1) is 0 Å². The van der Waals surface area contributed by atoms with Crippen molar-refractivity contribution in [2.75, 3.05) is 46.9 Å². The summed E-state index contributed by atoms with van der Waals surface area (Å²) in [6.45, 7) is 4.20. The summed E-state index contributed by atoms with van der Waals surface area (Å²) in [6, 6.07) is 0. The molecule has 0 aromatic rings. The molecule has 78 valence electrons. The molecule has 0 atom stereocenters. The number of ether oxygens (including phenoxy) is 1. The zero-order valence-corrected chi connectivity index (χ0v) is 9.18. The summed E-state index contributed by atoms with van der Waals surface area (Å²) in [5, 5.41) is 3.16. The third-order valence-corrected chi connectivity index (χ3v) is 1.64. The van der Waals surface area contributed by atoms with E-state index in [9.17, 15) is 0 Å². The number of hydrogen-bond donors (Lipinski definition) is 1. The maximum Gasteiger partial charge on any atom is 0.0593 e. The number of likely N-dealkylation sites (N-methyl/N-ethyl adjacent to an activating group) is 1. The van der Waals surface area contributed by atoms with Crippen LogP contribution < -0.4 is 5.32 Å². The second-order valence-corrected chi connectivity index (χ2v) is 3.23. The van der Waals surface area contributed by atoms with E-state index in [-0.39, 0.29) is 0 Å². The molecule has 0 fully saturated rings. The summed E-state index contributed by atoms with van der Waals surface area (Å²) >= 11 is 5.34. The Labute approximate surface area is 85.7 Å². The largest absolute Gasteiger partial charge is 0.379 e. The van der Waals surface area contributed by atoms with Gasteiger partial charge in [-0.3, -0.25) is 0 Å². The second-order valence-electron chi connectivity index (χ2n) is 2.98. The minimum atomic E-state index is 0.754. The number of nitrogens with zero attached hydrogens (tertiary/aromatic N) is 1. The average molecular weight is 207 g/mol. The fourth-order valence-electron chi connectivity index (χ4n) is 0.723. The van der Waals surface area contributed by atoms with Crippen molar-refractivity contribution in [1.29, 1.82) is 0 Å². The number of halogens is 1. The molecule has 0 saturated heterocycles. The summed E-state index contributed by atoms with van der Waals surface area (Å²) in [6.07, 6.45) is 1.86. The first-order chi connectivity index (χ1) is 6.27. The lowest BCUT2D eigenvalue weighted by Crippen LogP contribution is -2.23. The molecule has 0 aromatic heterocycles. The monoisotopic (exact) mass is 206 g/mol. The number of hydrogen-bond acceptors (Lipinski definition) is 3. The molecule has 13 heavy (non-hydrogen) atoms. The van der Waals surface area contributed by atoms with Crippen LogP contribution in [0.1, 0.15) is 0 Å². The van der Waals surface area contributed by atoms with Gasteiger partial charge in [0.2, 0.25) is 0 Å². The van der Waals surface area contributed by atoms with Gasteiger partial charge in [-0.25, -0.2) is 0 Å². The smallest absolute Gasteiger partial charge is 0.0593 e. The fraction of sp³-hybridized carbons (Fsp3) is 0.778. The molecule has 0 aliphatic rings. The summed E-state index contributed by atoms with van der Waals surface area (Å²) in [4.78, 5) is 2.10. The Morgan fingerprint density at radius 1 is 1.38 bits per heavy atom. The molecule has 3 nitrogen and oxygen atoms in total. The molecule has 1 N–H and O–H groups in total. The molecule has 0 aromatic carbocycles. The van der Waals surface area contributed by atoms with E-state index >= 15 is 0 Å². The summed E-state index contributed by atoms with van der Waals surface area (Å²) in [5.41, 5.74) is 1.51. The Morgan fingerprint density at radius 3 is 2.77 bits per heavy atom. The lowest BCUT2D eigenvalue weighted by molar-refractivity contribution is 0.120. The maximum atomic E-state index is 5.36. The van der Waals surface area contributed by atoms with Gasteiger partial charge in [-0.05, 0) is 14.1 Å². The number of nitrogens with one attached hydrogen (secondary N) is 1. The molecule has 0 rings (SSSR count). The van der Waals surface area contributed by atoms with Crippen molar-refractivity contribution >= 4 is 11.6 Å². The Bertz CT molecular complexity index is 129. The van der Waals surface area contributed by atoms with Crippen LogP contribution in [0.4, 0.5) is 0 Å². The SMILES string of the molecule is CN(C)CCOCCNC/C=C/Cl. The molecular formula is C9H19ClN2O. The topological polar surface area (TPSA) is 24.5 Å². The summed E-state index contributed by atoms with van der Waals surface area (Å²) in [5.74, 6) is 0. The molecule has 0 spiro atoms. The predicted molar refractivity (Wildman–Crippen MR) is 57.2 cm³/mol. The minimum absolute atomic E-state index is 0.754. The van der Waals surface area contributed by atoms with Crippen LogP contribution >= 0.6 is 11.6 Å².